The zero-order valence-electron chi connectivity index (χ0n) is 16.0. The zero-order chi connectivity index (χ0) is 19.5. The number of carbonyl (C=O) groups excluding carboxylic acids is 2. The highest BCUT2D eigenvalue weighted by molar-refractivity contribution is 5.80. The quantitative estimate of drug-likeness (QED) is 0.515. The van der Waals surface area contributed by atoms with Gasteiger partial charge in [-0.25, -0.2) is 0 Å². The van der Waals surface area contributed by atoms with Gasteiger partial charge in [-0.1, -0.05) is 42.5 Å². The molecule has 27 heavy (non-hydrogen) atoms. The number of aryl methyl sites for hydroxylation is 3. The molecule has 5 nitrogen and oxygen atoms in total. The standard InChI is InChI=1S/C22H27NO4/c1-17-10-11-18(2)20(15-17)26-14-12-22(25)27-16-21(24)23-13-6-9-19-7-4-3-5-8-19/h3-5,7-8,10-11,15H,6,9,12-14,16H2,1-2H3,(H,23,24). The van der Waals surface area contributed by atoms with Crippen LogP contribution in [0.3, 0.4) is 0 Å². The maximum atomic E-state index is 11.7. The molecule has 0 saturated carbocycles. The third kappa shape index (κ3) is 7.94. The fraction of sp³-hybridized carbons (Fsp3) is 0.364. The maximum Gasteiger partial charge on any atom is 0.309 e. The van der Waals surface area contributed by atoms with E-state index in [9.17, 15) is 9.59 Å². The molecule has 0 atom stereocenters. The SMILES string of the molecule is Cc1ccc(C)c(OCCC(=O)OCC(=O)NCCCc2ccccc2)c1. The van der Waals surface area contributed by atoms with Gasteiger partial charge >= 0.3 is 5.97 Å². The van der Waals surface area contributed by atoms with Gasteiger partial charge in [-0.15, -0.1) is 0 Å². The van der Waals surface area contributed by atoms with E-state index < -0.39 is 5.97 Å². The van der Waals surface area contributed by atoms with E-state index in [0.717, 1.165) is 29.7 Å². The summed E-state index contributed by atoms with van der Waals surface area (Å²) >= 11 is 0. The highest BCUT2D eigenvalue weighted by Gasteiger charge is 2.08. The maximum absolute atomic E-state index is 11.7. The van der Waals surface area contributed by atoms with Crippen molar-refractivity contribution in [2.45, 2.75) is 33.1 Å². The average Bonchev–Trinajstić information content (AvgIpc) is 2.67. The number of amides is 1. The van der Waals surface area contributed by atoms with Crippen LogP contribution in [0.4, 0.5) is 0 Å². The van der Waals surface area contributed by atoms with Crippen LogP contribution >= 0.6 is 0 Å². The number of carbonyl (C=O) groups is 2. The van der Waals surface area contributed by atoms with Crippen LogP contribution in [0.15, 0.2) is 48.5 Å². The average molecular weight is 369 g/mol. The summed E-state index contributed by atoms with van der Waals surface area (Å²) < 4.78 is 10.6. The van der Waals surface area contributed by atoms with Crippen LogP contribution in [0.1, 0.15) is 29.5 Å². The van der Waals surface area contributed by atoms with Crippen molar-refractivity contribution in [3.63, 3.8) is 0 Å². The van der Waals surface area contributed by atoms with Crippen LogP contribution < -0.4 is 10.1 Å². The Hall–Kier alpha value is -2.82. The van der Waals surface area contributed by atoms with Crippen molar-refractivity contribution in [2.75, 3.05) is 19.8 Å². The number of rotatable bonds is 10. The van der Waals surface area contributed by atoms with E-state index in [1.54, 1.807) is 0 Å². The smallest absolute Gasteiger partial charge is 0.309 e. The second kappa shape index (κ2) is 11.0. The Morgan fingerprint density at radius 3 is 2.59 bits per heavy atom. The van der Waals surface area contributed by atoms with E-state index in [-0.39, 0.29) is 25.5 Å². The van der Waals surface area contributed by atoms with Crippen molar-refractivity contribution in [1.29, 1.82) is 0 Å². The molecule has 1 amide bonds. The van der Waals surface area contributed by atoms with Crippen LogP contribution in [0, 0.1) is 13.8 Å². The Labute approximate surface area is 160 Å². The van der Waals surface area contributed by atoms with Crippen LogP contribution in [-0.2, 0) is 20.7 Å². The lowest BCUT2D eigenvalue weighted by Crippen LogP contribution is -2.30. The lowest BCUT2D eigenvalue weighted by Gasteiger charge is -2.10. The predicted octanol–water partition coefficient (Wildman–Crippen LogP) is 3.36. The van der Waals surface area contributed by atoms with Gasteiger partial charge in [-0.2, -0.15) is 0 Å². The van der Waals surface area contributed by atoms with Gasteiger partial charge in [0.1, 0.15) is 5.75 Å². The summed E-state index contributed by atoms with van der Waals surface area (Å²) in [5, 5.41) is 2.76. The van der Waals surface area contributed by atoms with E-state index in [0.29, 0.717) is 6.54 Å². The Morgan fingerprint density at radius 1 is 1.04 bits per heavy atom. The summed E-state index contributed by atoms with van der Waals surface area (Å²) in [5.74, 6) is 0.0329. The summed E-state index contributed by atoms with van der Waals surface area (Å²) in [6, 6.07) is 16.0. The fourth-order valence-corrected chi connectivity index (χ4v) is 2.54. The number of benzene rings is 2. The topological polar surface area (TPSA) is 64.6 Å². The first kappa shape index (κ1) is 20.5. The molecule has 2 aromatic carbocycles. The van der Waals surface area contributed by atoms with E-state index in [4.69, 9.17) is 9.47 Å². The third-order valence-corrected chi connectivity index (χ3v) is 4.08. The largest absolute Gasteiger partial charge is 0.493 e. The highest BCUT2D eigenvalue weighted by Crippen LogP contribution is 2.19. The minimum Gasteiger partial charge on any atom is -0.493 e. The Balaban J connectivity index is 1.55. The first-order valence-electron chi connectivity index (χ1n) is 9.21. The normalized spacial score (nSPS) is 10.3. The minimum atomic E-state index is -0.445. The number of esters is 1. The van der Waals surface area contributed by atoms with Gasteiger partial charge in [-0.3, -0.25) is 9.59 Å². The number of hydrogen-bond acceptors (Lipinski definition) is 4. The molecule has 0 radical (unpaired) electrons. The fourth-order valence-electron chi connectivity index (χ4n) is 2.54. The third-order valence-electron chi connectivity index (χ3n) is 4.08. The van der Waals surface area contributed by atoms with Crippen molar-refractivity contribution in [3.05, 3.63) is 65.2 Å². The van der Waals surface area contributed by atoms with Gasteiger partial charge in [0.05, 0.1) is 13.0 Å². The molecule has 0 aromatic heterocycles. The molecule has 0 spiro atoms. The summed E-state index contributed by atoms with van der Waals surface area (Å²) in [7, 11) is 0. The van der Waals surface area contributed by atoms with Crippen molar-refractivity contribution < 1.29 is 19.1 Å². The van der Waals surface area contributed by atoms with E-state index in [1.807, 2.05) is 50.2 Å². The highest BCUT2D eigenvalue weighted by atomic mass is 16.5. The molecule has 2 aromatic rings. The molecule has 0 unspecified atom stereocenters. The monoisotopic (exact) mass is 369 g/mol. The first-order chi connectivity index (χ1) is 13.0. The second-order valence-corrected chi connectivity index (χ2v) is 6.47. The van der Waals surface area contributed by atoms with E-state index in [2.05, 4.69) is 17.4 Å². The molecule has 0 bridgehead atoms. The van der Waals surface area contributed by atoms with E-state index >= 15 is 0 Å². The molecule has 0 heterocycles. The number of hydrogen-bond donors (Lipinski definition) is 1. The summed E-state index contributed by atoms with van der Waals surface area (Å²) in [6.07, 6.45) is 1.85. The molecule has 144 valence electrons. The lowest BCUT2D eigenvalue weighted by molar-refractivity contribution is -0.149. The molecule has 2 rings (SSSR count). The van der Waals surface area contributed by atoms with E-state index in [1.165, 1.54) is 5.56 Å². The Bertz CT molecular complexity index is 743. The number of nitrogens with one attached hydrogen (secondary N) is 1. The van der Waals surface area contributed by atoms with Gasteiger partial charge in [-0.05, 0) is 49.4 Å². The van der Waals surface area contributed by atoms with Crippen LogP contribution in [0.2, 0.25) is 0 Å². The Morgan fingerprint density at radius 2 is 1.81 bits per heavy atom. The second-order valence-electron chi connectivity index (χ2n) is 6.47. The molecule has 0 aliphatic rings. The summed E-state index contributed by atoms with van der Waals surface area (Å²) in [6.45, 7) is 4.46. The molecular weight excluding hydrogens is 342 g/mol. The minimum absolute atomic E-state index is 0.106. The van der Waals surface area contributed by atoms with Gasteiger partial charge < -0.3 is 14.8 Å². The van der Waals surface area contributed by atoms with Crippen LogP contribution in [0.5, 0.6) is 5.75 Å². The van der Waals surface area contributed by atoms with Crippen LogP contribution in [-0.4, -0.2) is 31.6 Å². The summed E-state index contributed by atoms with van der Waals surface area (Å²) in [4.78, 5) is 23.4. The summed E-state index contributed by atoms with van der Waals surface area (Å²) in [5.41, 5.74) is 3.35. The first-order valence-corrected chi connectivity index (χ1v) is 9.21. The van der Waals surface area contributed by atoms with Crippen molar-refractivity contribution >= 4 is 11.9 Å². The number of ether oxygens (including phenoxy) is 2. The predicted molar refractivity (Wildman–Crippen MR) is 105 cm³/mol. The van der Waals surface area contributed by atoms with Crippen LogP contribution in [0.25, 0.3) is 0 Å². The zero-order valence-corrected chi connectivity index (χ0v) is 16.0. The van der Waals surface area contributed by atoms with Gasteiger partial charge in [0.25, 0.3) is 5.91 Å². The molecule has 1 N–H and O–H groups in total. The van der Waals surface area contributed by atoms with Gasteiger partial charge in [0.2, 0.25) is 0 Å². The molecule has 0 saturated heterocycles. The molecular formula is C22H27NO4. The van der Waals surface area contributed by atoms with Crippen molar-refractivity contribution in [3.8, 4) is 5.75 Å². The van der Waals surface area contributed by atoms with Crippen molar-refractivity contribution in [2.24, 2.45) is 0 Å². The molecule has 5 heteroatoms. The lowest BCUT2D eigenvalue weighted by atomic mass is 10.1. The molecule has 0 aliphatic heterocycles. The molecule has 0 fully saturated rings. The van der Waals surface area contributed by atoms with Crippen molar-refractivity contribution in [1.82, 2.24) is 5.32 Å². The van der Waals surface area contributed by atoms with Gasteiger partial charge in [0, 0.05) is 6.54 Å². The van der Waals surface area contributed by atoms with Gasteiger partial charge in [0.15, 0.2) is 6.61 Å². The molecule has 0 aliphatic carbocycles. The Kier molecular flexibility index (Phi) is 8.36.